The number of nitriles is 1. The van der Waals surface area contributed by atoms with E-state index in [-0.39, 0.29) is 23.4 Å². The fourth-order valence-corrected chi connectivity index (χ4v) is 2.02. The molecule has 2 rings (SSSR count). The van der Waals surface area contributed by atoms with Crippen molar-refractivity contribution in [2.75, 3.05) is 11.5 Å². The van der Waals surface area contributed by atoms with Gasteiger partial charge >= 0.3 is 0 Å². The molecule has 0 radical (unpaired) electrons. The number of rotatable bonds is 3. The molecule has 0 unspecified atom stereocenters. The van der Waals surface area contributed by atoms with Gasteiger partial charge < -0.3 is 16.2 Å². The molecule has 0 fully saturated rings. The highest BCUT2D eigenvalue weighted by molar-refractivity contribution is 6.31. The lowest BCUT2D eigenvalue weighted by atomic mass is 10.1. The van der Waals surface area contributed by atoms with Crippen molar-refractivity contribution >= 4 is 23.4 Å². The number of hydrogen-bond donors (Lipinski definition) is 2. The predicted octanol–water partition coefficient (Wildman–Crippen LogP) is 2.62. The summed E-state index contributed by atoms with van der Waals surface area (Å²) in [6, 6.07) is 7.05. The summed E-state index contributed by atoms with van der Waals surface area (Å²) in [4.78, 5) is 7.90. The molecule has 0 aliphatic heterocycles. The van der Waals surface area contributed by atoms with Gasteiger partial charge in [-0.05, 0) is 32.0 Å². The minimum absolute atomic E-state index is 0.0167. The summed E-state index contributed by atoms with van der Waals surface area (Å²) < 4.78 is 5.72. The van der Waals surface area contributed by atoms with E-state index in [2.05, 4.69) is 9.97 Å². The normalized spacial score (nSPS) is 10.4. The quantitative estimate of drug-likeness (QED) is 0.901. The molecule has 0 amide bonds. The third-order valence-electron chi connectivity index (χ3n) is 2.63. The van der Waals surface area contributed by atoms with Crippen molar-refractivity contribution in [1.29, 1.82) is 5.26 Å². The zero-order valence-electron chi connectivity index (χ0n) is 11.6. The lowest BCUT2D eigenvalue weighted by Crippen LogP contribution is -2.09. The maximum absolute atomic E-state index is 9.27. The molecule has 0 aliphatic rings. The van der Waals surface area contributed by atoms with Crippen LogP contribution in [0.2, 0.25) is 5.02 Å². The number of hydrogen-bond acceptors (Lipinski definition) is 6. The molecule has 1 aromatic heterocycles. The number of nitrogens with zero attached hydrogens (tertiary/aromatic N) is 3. The Morgan fingerprint density at radius 1 is 1.29 bits per heavy atom. The van der Waals surface area contributed by atoms with Crippen LogP contribution in [0.3, 0.4) is 0 Å². The molecule has 2 aromatic rings. The third kappa shape index (κ3) is 3.15. The van der Waals surface area contributed by atoms with Crippen LogP contribution in [0.4, 0.5) is 11.8 Å². The van der Waals surface area contributed by atoms with Crippen molar-refractivity contribution in [3.8, 4) is 23.1 Å². The van der Waals surface area contributed by atoms with Crippen molar-refractivity contribution in [3.63, 3.8) is 0 Å². The van der Waals surface area contributed by atoms with Crippen LogP contribution in [-0.4, -0.2) is 16.1 Å². The first kappa shape index (κ1) is 14.9. The van der Waals surface area contributed by atoms with Gasteiger partial charge in [-0.25, -0.2) is 4.98 Å². The van der Waals surface area contributed by atoms with Gasteiger partial charge in [0.1, 0.15) is 23.2 Å². The summed E-state index contributed by atoms with van der Waals surface area (Å²) in [6.07, 6.45) is -0.0491. The van der Waals surface area contributed by atoms with Gasteiger partial charge in [-0.3, -0.25) is 0 Å². The Morgan fingerprint density at radius 3 is 2.62 bits per heavy atom. The van der Waals surface area contributed by atoms with Gasteiger partial charge in [0.2, 0.25) is 5.95 Å². The Morgan fingerprint density at radius 2 is 2.00 bits per heavy atom. The number of nitrogen functional groups attached to an aromatic ring is 2. The first-order chi connectivity index (χ1) is 9.92. The van der Waals surface area contributed by atoms with Gasteiger partial charge in [-0.2, -0.15) is 10.2 Å². The number of ether oxygens (including phenoxy) is 1. The van der Waals surface area contributed by atoms with Gasteiger partial charge in [0.15, 0.2) is 0 Å². The van der Waals surface area contributed by atoms with Crippen molar-refractivity contribution in [1.82, 2.24) is 9.97 Å². The van der Waals surface area contributed by atoms with Crippen LogP contribution in [0.5, 0.6) is 5.75 Å². The molecule has 7 heteroatoms. The van der Waals surface area contributed by atoms with E-state index in [1.54, 1.807) is 18.2 Å². The molecular weight excluding hydrogens is 290 g/mol. The zero-order chi connectivity index (χ0) is 15.6. The molecule has 0 bridgehead atoms. The number of benzene rings is 1. The lowest BCUT2D eigenvalue weighted by molar-refractivity contribution is 0.243. The molecule has 1 aromatic carbocycles. The van der Waals surface area contributed by atoms with E-state index in [1.165, 1.54) is 0 Å². The molecule has 0 saturated heterocycles. The second-order valence-electron chi connectivity index (χ2n) is 4.61. The van der Waals surface area contributed by atoms with Crippen molar-refractivity contribution < 1.29 is 4.74 Å². The average molecular weight is 304 g/mol. The molecule has 108 valence electrons. The molecule has 0 atom stereocenters. The topological polar surface area (TPSA) is 111 Å². The first-order valence-electron chi connectivity index (χ1n) is 6.22. The molecule has 0 spiro atoms. The second kappa shape index (κ2) is 5.85. The number of nitrogens with two attached hydrogens (primary N) is 2. The van der Waals surface area contributed by atoms with Crippen LogP contribution in [0.1, 0.15) is 19.4 Å². The van der Waals surface area contributed by atoms with Crippen LogP contribution in [-0.2, 0) is 0 Å². The number of anilines is 2. The van der Waals surface area contributed by atoms with Gasteiger partial charge in [0.25, 0.3) is 0 Å². The van der Waals surface area contributed by atoms with Gasteiger partial charge in [0.05, 0.1) is 11.8 Å². The SMILES string of the molecule is CC(C)Oc1ccc(Cl)cc1-c1nc(N)nc(N)c1C#N. The lowest BCUT2D eigenvalue weighted by Gasteiger charge is -2.15. The van der Waals surface area contributed by atoms with E-state index in [0.29, 0.717) is 22.0 Å². The molecule has 0 aliphatic carbocycles. The molecular formula is C14H14ClN5O. The van der Waals surface area contributed by atoms with E-state index in [1.807, 2.05) is 19.9 Å². The Bertz CT molecular complexity index is 724. The van der Waals surface area contributed by atoms with Gasteiger partial charge in [-0.15, -0.1) is 0 Å². The molecule has 21 heavy (non-hydrogen) atoms. The maximum atomic E-state index is 9.27. The minimum Gasteiger partial charge on any atom is -0.490 e. The Balaban J connectivity index is 2.72. The fraction of sp³-hybridized carbons (Fsp3) is 0.214. The standard InChI is InChI=1S/C14H14ClN5O/c1-7(2)21-11-4-3-8(15)5-9(11)12-10(6-16)13(17)20-14(18)19-12/h3-5,7H,1-2H3,(H4,17,18,19,20). The monoisotopic (exact) mass is 303 g/mol. The van der Waals surface area contributed by atoms with Crippen LogP contribution in [0.25, 0.3) is 11.3 Å². The maximum Gasteiger partial charge on any atom is 0.222 e. The van der Waals surface area contributed by atoms with Crippen LogP contribution >= 0.6 is 11.6 Å². The van der Waals surface area contributed by atoms with Crippen LogP contribution in [0.15, 0.2) is 18.2 Å². The molecule has 1 heterocycles. The second-order valence-corrected chi connectivity index (χ2v) is 5.05. The van der Waals surface area contributed by atoms with Gasteiger partial charge in [0, 0.05) is 10.6 Å². The Hall–Kier alpha value is -2.52. The highest BCUT2D eigenvalue weighted by Crippen LogP contribution is 2.35. The Kier molecular flexibility index (Phi) is 4.15. The van der Waals surface area contributed by atoms with E-state index < -0.39 is 0 Å². The van der Waals surface area contributed by atoms with E-state index in [9.17, 15) is 5.26 Å². The molecule has 0 saturated carbocycles. The Labute approximate surface area is 127 Å². The molecule has 6 nitrogen and oxygen atoms in total. The summed E-state index contributed by atoms with van der Waals surface area (Å²) >= 11 is 6.03. The summed E-state index contributed by atoms with van der Waals surface area (Å²) in [6.45, 7) is 3.79. The van der Waals surface area contributed by atoms with Gasteiger partial charge in [-0.1, -0.05) is 11.6 Å². The summed E-state index contributed by atoms with van der Waals surface area (Å²) in [5.74, 6) is 0.552. The minimum atomic E-state index is -0.0491. The highest BCUT2D eigenvalue weighted by Gasteiger charge is 2.18. The number of halogens is 1. The van der Waals surface area contributed by atoms with Crippen molar-refractivity contribution in [3.05, 3.63) is 28.8 Å². The van der Waals surface area contributed by atoms with Crippen LogP contribution < -0.4 is 16.2 Å². The summed E-state index contributed by atoms with van der Waals surface area (Å²) in [5.41, 5.74) is 12.4. The van der Waals surface area contributed by atoms with E-state index in [0.717, 1.165) is 0 Å². The van der Waals surface area contributed by atoms with Crippen LogP contribution in [0, 0.1) is 11.3 Å². The first-order valence-corrected chi connectivity index (χ1v) is 6.59. The van der Waals surface area contributed by atoms with E-state index in [4.69, 9.17) is 27.8 Å². The van der Waals surface area contributed by atoms with Crippen molar-refractivity contribution in [2.45, 2.75) is 20.0 Å². The fourth-order valence-electron chi connectivity index (χ4n) is 1.85. The van der Waals surface area contributed by atoms with E-state index >= 15 is 0 Å². The largest absolute Gasteiger partial charge is 0.490 e. The molecule has 4 N–H and O–H groups in total. The van der Waals surface area contributed by atoms with Crippen molar-refractivity contribution in [2.24, 2.45) is 0 Å². The highest BCUT2D eigenvalue weighted by atomic mass is 35.5. The number of aromatic nitrogens is 2. The zero-order valence-corrected chi connectivity index (χ0v) is 12.3. The smallest absolute Gasteiger partial charge is 0.222 e. The average Bonchev–Trinajstić information content (AvgIpc) is 2.39. The summed E-state index contributed by atoms with van der Waals surface area (Å²) in [7, 11) is 0. The predicted molar refractivity (Wildman–Crippen MR) is 81.8 cm³/mol. The summed E-state index contributed by atoms with van der Waals surface area (Å²) in [5, 5.41) is 9.76. The third-order valence-corrected chi connectivity index (χ3v) is 2.86.